The van der Waals surface area contributed by atoms with Gasteiger partial charge in [0, 0.05) is 38.7 Å². The van der Waals surface area contributed by atoms with Crippen LogP contribution in [0.25, 0.3) is 0 Å². The minimum absolute atomic E-state index is 0.0466. The second kappa shape index (κ2) is 12.7. The fourth-order valence-corrected chi connectivity index (χ4v) is 5.56. The van der Waals surface area contributed by atoms with E-state index in [0.717, 1.165) is 78.8 Å². The van der Waals surface area contributed by atoms with Gasteiger partial charge in [0.1, 0.15) is 11.8 Å². The maximum absolute atomic E-state index is 12.6. The molecule has 1 unspecified atom stereocenters. The quantitative estimate of drug-likeness (QED) is 0.348. The summed E-state index contributed by atoms with van der Waals surface area (Å²) in [5.41, 5.74) is 4.08. The van der Waals surface area contributed by atoms with E-state index in [1.807, 2.05) is 24.3 Å². The lowest BCUT2D eigenvalue weighted by Crippen LogP contribution is -2.46. The van der Waals surface area contributed by atoms with Crippen LogP contribution in [0.1, 0.15) is 36.8 Å². The number of nitrogens with one attached hydrogen (secondary N) is 1. The fourth-order valence-electron chi connectivity index (χ4n) is 5.31. The van der Waals surface area contributed by atoms with Crippen LogP contribution in [0.2, 0.25) is 5.02 Å². The number of carbonyl (C=O) groups is 2. The van der Waals surface area contributed by atoms with Crippen molar-refractivity contribution in [2.45, 2.75) is 45.1 Å². The maximum atomic E-state index is 12.6. The third-order valence-corrected chi connectivity index (χ3v) is 8.18. The fraction of sp³-hybridized carbons (Fsp3) is 0.467. The number of benzene rings is 2. The summed E-state index contributed by atoms with van der Waals surface area (Å²) in [4.78, 5) is 31.4. The number of piperazine rings is 1. The molecule has 39 heavy (non-hydrogen) atoms. The molecule has 2 aromatic carbocycles. The molecule has 2 aromatic rings. The van der Waals surface area contributed by atoms with Crippen molar-refractivity contribution in [2.75, 3.05) is 55.9 Å². The molecule has 0 aliphatic carbocycles. The SMILES string of the molecule is Cc1cccc(N2CCN(CCCCOc3ccc4c(c3)N(COC(=O)C3CC=CN3)C(=O)CC4)CC2)c1Cl. The highest BCUT2D eigenvalue weighted by atomic mass is 35.5. The number of rotatable bonds is 10. The summed E-state index contributed by atoms with van der Waals surface area (Å²) in [6, 6.07) is 11.7. The van der Waals surface area contributed by atoms with Gasteiger partial charge in [0.25, 0.3) is 0 Å². The Kier molecular flexibility index (Phi) is 8.94. The van der Waals surface area contributed by atoms with Crippen LogP contribution in [0.15, 0.2) is 48.7 Å². The molecule has 9 heteroatoms. The van der Waals surface area contributed by atoms with E-state index in [2.05, 4.69) is 40.2 Å². The molecular formula is C30H37ClN4O4. The lowest BCUT2D eigenvalue weighted by atomic mass is 10.0. The lowest BCUT2D eigenvalue weighted by Gasteiger charge is -2.36. The molecule has 208 valence electrons. The number of anilines is 2. The second-order valence-electron chi connectivity index (χ2n) is 10.4. The van der Waals surface area contributed by atoms with Gasteiger partial charge in [0.15, 0.2) is 6.73 Å². The van der Waals surface area contributed by atoms with E-state index in [0.29, 0.717) is 25.9 Å². The van der Waals surface area contributed by atoms with Gasteiger partial charge >= 0.3 is 5.97 Å². The smallest absolute Gasteiger partial charge is 0.330 e. The van der Waals surface area contributed by atoms with Crippen LogP contribution >= 0.6 is 11.6 Å². The predicted molar refractivity (Wildman–Crippen MR) is 153 cm³/mol. The Balaban J connectivity index is 1.05. The molecule has 3 aliphatic heterocycles. The number of carbonyl (C=O) groups excluding carboxylic acids is 2. The first-order valence-electron chi connectivity index (χ1n) is 13.9. The number of unbranched alkanes of at least 4 members (excludes halogenated alkanes) is 1. The standard InChI is InChI=1S/C30H37ClN4O4/c1-22-6-4-8-26(29(22)31)34-17-15-33(16-18-34)14-2-3-19-38-24-11-9-23-10-12-28(36)35(27(23)20-24)21-39-30(37)25-7-5-13-32-25/h4-6,8-9,11,13,20,25,32H,2-3,7,10,12,14-19,21H2,1H3. The molecule has 0 aromatic heterocycles. The number of ether oxygens (including phenoxy) is 2. The van der Waals surface area contributed by atoms with E-state index in [1.54, 1.807) is 11.1 Å². The van der Waals surface area contributed by atoms with Crippen molar-refractivity contribution in [3.63, 3.8) is 0 Å². The number of aryl methyl sites for hydroxylation is 2. The van der Waals surface area contributed by atoms with Gasteiger partial charge in [-0.3, -0.25) is 14.6 Å². The molecule has 1 fully saturated rings. The van der Waals surface area contributed by atoms with Gasteiger partial charge in [-0.2, -0.15) is 0 Å². The molecule has 0 spiro atoms. The minimum Gasteiger partial charge on any atom is -0.494 e. The molecule has 5 rings (SSSR count). The number of halogens is 1. The van der Waals surface area contributed by atoms with Gasteiger partial charge in [0.2, 0.25) is 5.91 Å². The van der Waals surface area contributed by atoms with Crippen molar-refractivity contribution in [1.82, 2.24) is 10.2 Å². The van der Waals surface area contributed by atoms with E-state index in [4.69, 9.17) is 21.1 Å². The number of esters is 1. The third kappa shape index (κ3) is 6.68. The van der Waals surface area contributed by atoms with Gasteiger partial charge in [-0.25, -0.2) is 4.79 Å². The van der Waals surface area contributed by atoms with Crippen molar-refractivity contribution >= 4 is 34.9 Å². The largest absolute Gasteiger partial charge is 0.494 e. The van der Waals surface area contributed by atoms with E-state index >= 15 is 0 Å². The van der Waals surface area contributed by atoms with Gasteiger partial charge in [0.05, 0.1) is 23.0 Å². The summed E-state index contributed by atoms with van der Waals surface area (Å²) < 4.78 is 11.5. The average Bonchev–Trinajstić information content (AvgIpc) is 3.49. The number of fused-ring (bicyclic) bond motifs is 1. The Morgan fingerprint density at radius 3 is 2.72 bits per heavy atom. The van der Waals surface area contributed by atoms with E-state index in [9.17, 15) is 9.59 Å². The van der Waals surface area contributed by atoms with Gasteiger partial charge in [-0.1, -0.05) is 35.9 Å². The van der Waals surface area contributed by atoms with Gasteiger partial charge in [-0.05, 0) is 68.6 Å². The van der Waals surface area contributed by atoms with Crippen LogP contribution in [-0.4, -0.2) is 68.9 Å². The maximum Gasteiger partial charge on any atom is 0.330 e. The average molecular weight is 553 g/mol. The number of nitrogens with zero attached hydrogens (tertiary/aromatic N) is 3. The number of hydrogen-bond acceptors (Lipinski definition) is 7. The zero-order valence-corrected chi connectivity index (χ0v) is 23.3. The molecule has 0 bridgehead atoms. The van der Waals surface area contributed by atoms with Crippen LogP contribution in [0.3, 0.4) is 0 Å². The summed E-state index contributed by atoms with van der Waals surface area (Å²) in [5, 5.41) is 3.82. The molecule has 0 radical (unpaired) electrons. The molecule has 3 aliphatic rings. The molecule has 1 atom stereocenters. The van der Waals surface area contributed by atoms with Gasteiger partial charge in [-0.15, -0.1) is 0 Å². The van der Waals surface area contributed by atoms with Crippen LogP contribution in [0.5, 0.6) is 5.75 Å². The Hall–Kier alpha value is -3.23. The highest BCUT2D eigenvalue weighted by molar-refractivity contribution is 6.34. The second-order valence-corrected chi connectivity index (χ2v) is 10.7. The Bertz CT molecular complexity index is 1200. The van der Waals surface area contributed by atoms with E-state index in [-0.39, 0.29) is 24.6 Å². The molecular weight excluding hydrogens is 516 g/mol. The van der Waals surface area contributed by atoms with Crippen molar-refractivity contribution in [3.05, 3.63) is 64.8 Å². The van der Waals surface area contributed by atoms with E-state index in [1.165, 1.54) is 0 Å². The zero-order chi connectivity index (χ0) is 27.2. The minimum atomic E-state index is -0.380. The molecule has 3 heterocycles. The first-order chi connectivity index (χ1) is 19.0. The van der Waals surface area contributed by atoms with Crippen LogP contribution in [0.4, 0.5) is 11.4 Å². The summed E-state index contributed by atoms with van der Waals surface area (Å²) in [5.74, 6) is 0.326. The first kappa shape index (κ1) is 27.3. The van der Waals surface area contributed by atoms with Crippen molar-refractivity contribution in [3.8, 4) is 5.75 Å². The lowest BCUT2D eigenvalue weighted by molar-refractivity contribution is -0.146. The third-order valence-electron chi connectivity index (χ3n) is 7.69. The summed E-state index contributed by atoms with van der Waals surface area (Å²) in [6.45, 7) is 7.63. The number of hydrogen-bond donors (Lipinski definition) is 1. The molecule has 1 N–H and O–H groups in total. The predicted octanol–water partition coefficient (Wildman–Crippen LogP) is 4.29. The molecule has 8 nitrogen and oxygen atoms in total. The summed E-state index contributed by atoms with van der Waals surface area (Å²) in [6.07, 6.45) is 7.32. The molecule has 1 amide bonds. The Labute approximate surface area is 235 Å². The molecule has 1 saturated heterocycles. The highest BCUT2D eigenvalue weighted by Gasteiger charge is 2.28. The van der Waals surface area contributed by atoms with E-state index < -0.39 is 0 Å². The zero-order valence-electron chi connectivity index (χ0n) is 22.5. The van der Waals surface area contributed by atoms with Crippen LogP contribution in [0, 0.1) is 6.92 Å². The van der Waals surface area contributed by atoms with Gasteiger partial charge < -0.3 is 19.7 Å². The number of amides is 1. The monoisotopic (exact) mass is 552 g/mol. The first-order valence-corrected chi connectivity index (χ1v) is 14.2. The Morgan fingerprint density at radius 1 is 1.08 bits per heavy atom. The van der Waals surface area contributed by atoms with Crippen molar-refractivity contribution in [1.29, 1.82) is 0 Å². The van der Waals surface area contributed by atoms with Crippen LogP contribution in [-0.2, 0) is 20.7 Å². The topological polar surface area (TPSA) is 74.3 Å². The summed E-state index contributed by atoms with van der Waals surface area (Å²) >= 11 is 6.53. The normalized spacial score (nSPS) is 19.1. The Morgan fingerprint density at radius 2 is 1.92 bits per heavy atom. The highest BCUT2D eigenvalue weighted by Crippen LogP contribution is 2.32. The van der Waals surface area contributed by atoms with Crippen molar-refractivity contribution in [2.24, 2.45) is 0 Å². The van der Waals surface area contributed by atoms with Crippen molar-refractivity contribution < 1.29 is 19.1 Å². The molecule has 0 saturated carbocycles. The van der Waals surface area contributed by atoms with Crippen LogP contribution < -0.4 is 19.9 Å². The summed E-state index contributed by atoms with van der Waals surface area (Å²) in [7, 11) is 0.